The molecule has 0 heterocycles. The largest absolute Gasteiger partial charge is 0.324 e. The molecule has 3 nitrogen and oxygen atoms in total. The number of hydrogen-bond acceptors (Lipinski definition) is 3. The van der Waals surface area contributed by atoms with Crippen LogP contribution in [0.25, 0.3) is 0 Å². The van der Waals surface area contributed by atoms with Crippen LogP contribution < -0.4 is 17.0 Å². The Labute approximate surface area is 81.5 Å². The Bertz CT molecular complexity index is 143. The van der Waals surface area contributed by atoms with Gasteiger partial charge in [0.25, 0.3) is 0 Å². The summed E-state index contributed by atoms with van der Waals surface area (Å²) in [6, 6.07) is 0.135. The highest BCUT2D eigenvalue weighted by Crippen LogP contribution is 2.13. The monoisotopic (exact) mass is 185 g/mol. The first-order chi connectivity index (χ1) is 6.07. The van der Waals surface area contributed by atoms with Gasteiger partial charge in [-0.05, 0) is 25.2 Å². The smallest absolute Gasteiger partial charge is 0.0251 e. The molecule has 0 aromatic rings. The van der Waals surface area contributed by atoms with Crippen molar-refractivity contribution in [3.8, 4) is 0 Å². The van der Waals surface area contributed by atoms with Crippen LogP contribution in [0.15, 0.2) is 12.2 Å². The zero-order chi connectivity index (χ0) is 10.3. The quantitative estimate of drug-likeness (QED) is 0.241. The lowest BCUT2D eigenvalue weighted by Crippen LogP contribution is -2.27. The lowest BCUT2D eigenvalue weighted by molar-refractivity contribution is 0.554. The molecule has 0 aliphatic carbocycles. The summed E-state index contributed by atoms with van der Waals surface area (Å²) in [7, 11) is 0. The molecule has 0 saturated heterocycles. The molecule has 13 heavy (non-hydrogen) atoms. The average molecular weight is 185 g/mol. The molecule has 0 spiro atoms. The molecule has 3 heteroatoms. The summed E-state index contributed by atoms with van der Waals surface area (Å²) in [4.78, 5) is 0. The Balaban J connectivity index is 3.57. The Hall–Kier alpha value is -0.380. The third kappa shape index (κ3) is 6.75. The zero-order valence-corrected chi connectivity index (χ0v) is 8.84. The van der Waals surface area contributed by atoms with E-state index in [1.165, 1.54) is 0 Å². The first-order valence-electron chi connectivity index (χ1n) is 4.94. The van der Waals surface area contributed by atoms with E-state index in [1.807, 2.05) is 0 Å². The van der Waals surface area contributed by atoms with Gasteiger partial charge in [0.2, 0.25) is 0 Å². The maximum absolute atomic E-state index is 5.94. The fraction of sp³-hybridized carbons (Fsp3) is 0.800. The van der Waals surface area contributed by atoms with Gasteiger partial charge in [0, 0.05) is 12.6 Å². The average Bonchev–Trinajstić information content (AvgIpc) is 2.03. The van der Waals surface area contributed by atoms with Crippen LogP contribution in [0.5, 0.6) is 0 Å². The van der Waals surface area contributed by atoms with Crippen LogP contribution >= 0.6 is 0 Å². The summed E-state index contributed by atoms with van der Waals surface area (Å²) in [5.41, 5.74) is 9.71. The SMILES string of the molecule is C=C(CC(C)C)C(N)CCCNN. The minimum absolute atomic E-state index is 0.135. The number of nitrogens with two attached hydrogens (primary N) is 2. The molecule has 5 N–H and O–H groups in total. The Kier molecular flexibility index (Phi) is 6.86. The van der Waals surface area contributed by atoms with E-state index in [0.717, 1.165) is 31.4 Å². The Morgan fingerprint density at radius 3 is 2.54 bits per heavy atom. The van der Waals surface area contributed by atoms with Gasteiger partial charge in [0.1, 0.15) is 0 Å². The highest BCUT2D eigenvalue weighted by atomic mass is 15.2. The highest BCUT2D eigenvalue weighted by molar-refractivity contribution is 5.04. The number of hydrazine groups is 1. The van der Waals surface area contributed by atoms with Crippen LogP contribution in [-0.4, -0.2) is 12.6 Å². The standard InChI is InChI=1S/C10H23N3/c1-8(2)7-9(3)10(11)5-4-6-13-12/h8,10,13H,3-7,11-12H2,1-2H3. The maximum atomic E-state index is 5.94. The van der Waals surface area contributed by atoms with Gasteiger partial charge in [-0.25, -0.2) is 0 Å². The molecule has 0 amide bonds. The lowest BCUT2D eigenvalue weighted by atomic mass is 9.96. The third-order valence-electron chi connectivity index (χ3n) is 2.03. The van der Waals surface area contributed by atoms with E-state index in [0.29, 0.717) is 5.92 Å². The first-order valence-corrected chi connectivity index (χ1v) is 4.94. The summed E-state index contributed by atoms with van der Waals surface area (Å²) in [5.74, 6) is 5.80. The van der Waals surface area contributed by atoms with E-state index in [4.69, 9.17) is 11.6 Å². The second-order valence-electron chi connectivity index (χ2n) is 3.96. The molecule has 0 radical (unpaired) electrons. The molecule has 1 atom stereocenters. The molecule has 0 rings (SSSR count). The van der Waals surface area contributed by atoms with Gasteiger partial charge in [0.15, 0.2) is 0 Å². The molecule has 0 saturated carbocycles. The van der Waals surface area contributed by atoms with Crippen molar-refractivity contribution >= 4 is 0 Å². The molecule has 0 aliphatic heterocycles. The Morgan fingerprint density at radius 2 is 2.08 bits per heavy atom. The van der Waals surface area contributed by atoms with Crippen molar-refractivity contribution in [2.45, 2.75) is 39.2 Å². The van der Waals surface area contributed by atoms with E-state index in [2.05, 4.69) is 25.9 Å². The molecule has 1 unspecified atom stereocenters. The van der Waals surface area contributed by atoms with Crippen molar-refractivity contribution < 1.29 is 0 Å². The van der Waals surface area contributed by atoms with Crippen molar-refractivity contribution in [1.82, 2.24) is 5.43 Å². The molecular formula is C10H23N3. The lowest BCUT2D eigenvalue weighted by Gasteiger charge is -2.16. The van der Waals surface area contributed by atoms with Gasteiger partial charge in [-0.2, -0.15) is 0 Å². The molecule has 0 aromatic heterocycles. The van der Waals surface area contributed by atoms with Gasteiger partial charge in [0.05, 0.1) is 0 Å². The summed E-state index contributed by atoms with van der Waals surface area (Å²) < 4.78 is 0. The van der Waals surface area contributed by atoms with Crippen LogP contribution in [0.1, 0.15) is 33.1 Å². The number of nitrogens with one attached hydrogen (secondary N) is 1. The zero-order valence-electron chi connectivity index (χ0n) is 8.84. The van der Waals surface area contributed by atoms with E-state index >= 15 is 0 Å². The minimum atomic E-state index is 0.135. The molecule has 0 aliphatic rings. The molecular weight excluding hydrogens is 162 g/mol. The third-order valence-corrected chi connectivity index (χ3v) is 2.03. The highest BCUT2D eigenvalue weighted by Gasteiger charge is 2.07. The van der Waals surface area contributed by atoms with Crippen LogP contribution in [0.4, 0.5) is 0 Å². The molecule has 78 valence electrons. The normalized spacial score (nSPS) is 13.3. The van der Waals surface area contributed by atoms with Crippen molar-refractivity contribution in [3.63, 3.8) is 0 Å². The van der Waals surface area contributed by atoms with Crippen molar-refractivity contribution in [2.75, 3.05) is 6.54 Å². The summed E-state index contributed by atoms with van der Waals surface area (Å²) in [5, 5.41) is 0. The fourth-order valence-corrected chi connectivity index (χ4v) is 1.30. The van der Waals surface area contributed by atoms with E-state index in [1.54, 1.807) is 0 Å². The molecule has 0 aromatic carbocycles. The predicted molar refractivity (Wildman–Crippen MR) is 58.0 cm³/mol. The second-order valence-corrected chi connectivity index (χ2v) is 3.96. The van der Waals surface area contributed by atoms with Gasteiger partial charge in [-0.1, -0.05) is 26.0 Å². The van der Waals surface area contributed by atoms with Gasteiger partial charge in [-0.15, -0.1) is 0 Å². The van der Waals surface area contributed by atoms with Crippen molar-refractivity contribution in [3.05, 3.63) is 12.2 Å². The van der Waals surface area contributed by atoms with Gasteiger partial charge >= 0.3 is 0 Å². The number of rotatable bonds is 7. The predicted octanol–water partition coefficient (Wildman–Crippen LogP) is 1.16. The van der Waals surface area contributed by atoms with Gasteiger partial charge < -0.3 is 5.73 Å². The molecule has 0 bridgehead atoms. The van der Waals surface area contributed by atoms with E-state index in [9.17, 15) is 0 Å². The van der Waals surface area contributed by atoms with Crippen LogP contribution in [0, 0.1) is 5.92 Å². The van der Waals surface area contributed by atoms with Crippen molar-refractivity contribution in [1.29, 1.82) is 0 Å². The minimum Gasteiger partial charge on any atom is -0.324 e. The van der Waals surface area contributed by atoms with Crippen LogP contribution in [-0.2, 0) is 0 Å². The number of hydrogen-bond donors (Lipinski definition) is 3. The fourth-order valence-electron chi connectivity index (χ4n) is 1.30. The van der Waals surface area contributed by atoms with Crippen molar-refractivity contribution in [2.24, 2.45) is 17.5 Å². The maximum Gasteiger partial charge on any atom is 0.0251 e. The molecule has 0 fully saturated rings. The van der Waals surface area contributed by atoms with Crippen LogP contribution in [0.2, 0.25) is 0 Å². The summed E-state index contributed by atoms with van der Waals surface area (Å²) in [6.45, 7) is 9.18. The topological polar surface area (TPSA) is 64.1 Å². The Morgan fingerprint density at radius 1 is 1.46 bits per heavy atom. The summed E-state index contributed by atoms with van der Waals surface area (Å²) in [6.07, 6.45) is 3.00. The second kappa shape index (κ2) is 7.06. The van der Waals surface area contributed by atoms with Gasteiger partial charge in [-0.3, -0.25) is 11.3 Å². The van der Waals surface area contributed by atoms with Crippen LogP contribution in [0.3, 0.4) is 0 Å². The van der Waals surface area contributed by atoms with E-state index in [-0.39, 0.29) is 6.04 Å². The van der Waals surface area contributed by atoms with E-state index < -0.39 is 0 Å². The summed E-state index contributed by atoms with van der Waals surface area (Å²) >= 11 is 0. The first kappa shape index (κ1) is 12.6.